The smallest absolute Gasteiger partial charge is 0.337 e. The fourth-order valence-corrected chi connectivity index (χ4v) is 2.92. The Hall–Kier alpha value is -3.07. The van der Waals surface area contributed by atoms with E-state index < -0.39 is 22.0 Å². The molecule has 2 aromatic rings. The van der Waals surface area contributed by atoms with E-state index in [1.54, 1.807) is 0 Å². The number of amides is 2. The first-order chi connectivity index (χ1) is 11.3. The Balaban J connectivity index is 2.15. The van der Waals surface area contributed by atoms with E-state index in [4.69, 9.17) is 5.73 Å². The zero-order valence-electron chi connectivity index (χ0n) is 12.6. The number of hydrogen-bond donors (Lipinski definition) is 3. The second-order valence-corrected chi connectivity index (χ2v) is 6.37. The van der Waals surface area contributed by atoms with E-state index in [9.17, 15) is 18.0 Å². The molecule has 126 valence electrons. The molecule has 0 fully saturated rings. The fraction of sp³-hybridized carbons (Fsp3) is 0.0667. The first-order valence-electron chi connectivity index (χ1n) is 6.69. The van der Waals surface area contributed by atoms with Gasteiger partial charge in [0.1, 0.15) is 0 Å². The number of rotatable bonds is 5. The van der Waals surface area contributed by atoms with E-state index in [0.717, 1.165) is 0 Å². The van der Waals surface area contributed by atoms with Gasteiger partial charge in [-0.1, -0.05) is 0 Å². The average Bonchev–Trinajstić information content (AvgIpc) is 2.54. The van der Waals surface area contributed by atoms with Crippen LogP contribution in [0.3, 0.4) is 0 Å². The minimum atomic E-state index is -3.81. The van der Waals surface area contributed by atoms with Gasteiger partial charge in [0.2, 0.25) is 0 Å². The third-order valence-corrected chi connectivity index (χ3v) is 4.39. The molecule has 0 aliphatic carbocycles. The predicted molar refractivity (Wildman–Crippen MR) is 88.2 cm³/mol. The molecule has 0 saturated carbocycles. The normalized spacial score (nSPS) is 10.7. The van der Waals surface area contributed by atoms with Crippen molar-refractivity contribution in [3.8, 4) is 0 Å². The molecule has 0 saturated heterocycles. The molecular formula is C15H15N3O5S. The molecule has 0 aliphatic heterocycles. The number of esters is 1. The number of nitrogens with two attached hydrogens (primary N) is 1. The van der Waals surface area contributed by atoms with Gasteiger partial charge >= 0.3 is 12.0 Å². The summed E-state index contributed by atoms with van der Waals surface area (Å²) in [6.45, 7) is 0. The van der Waals surface area contributed by atoms with Crippen LogP contribution in [-0.4, -0.2) is 27.5 Å². The topological polar surface area (TPSA) is 128 Å². The van der Waals surface area contributed by atoms with E-state index in [0.29, 0.717) is 16.9 Å². The van der Waals surface area contributed by atoms with Crippen LogP contribution in [0.5, 0.6) is 0 Å². The van der Waals surface area contributed by atoms with Crippen LogP contribution in [0.25, 0.3) is 0 Å². The molecule has 0 aliphatic rings. The Morgan fingerprint density at radius 1 is 0.958 bits per heavy atom. The summed E-state index contributed by atoms with van der Waals surface area (Å²) in [7, 11) is -2.55. The second-order valence-electron chi connectivity index (χ2n) is 4.69. The molecule has 0 bridgehead atoms. The molecule has 9 heteroatoms. The molecule has 0 heterocycles. The van der Waals surface area contributed by atoms with Gasteiger partial charge in [-0.25, -0.2) is 18.0 Å². The largest absolute Gasteiger partial charge is 0.465 e. The maximum atomic E-state index is 12.3. The van der Waals surface area contributed by atoms with Gasteiger partial charge in [-0.3, -0.25) is 4.72 Å². The number of anilines is 2. The Labute approximate surface area is 138 Å². The first kappa shape index (κ1) is 17.3. The summed E-state index contributed by atoms with van der Waals surface area (Å²) in [5.74, 6) is -0.512. The van der Waals surface area contributed by atoms with E-state index in [1.165, 1.54) is 55.6 Å². The van der Waals surface area contributed by atoms with Crippen LogP contribution in [0.4, 0.5) is 16.2 Å². The molecule has 0 atom stereocenters. The number of carbonyl (C=O) groups is 2. The number of primary amides is 1. The highest BCUT2D eigenvalue weighted by molar-refractivity contribution is 7.92. The standard InChI is InChI=1S/C15H15N3O5S/c1-23-14(19)10-2-4-12(5-3-10)18-24(21,22)13-8-6-11(7-9-13)17-15(16)20/h2-9,18H,1H3,(H3,16,17,20). The van der Waals surface area contributed by atoms with E-state index >= 15 is 0 Å². The van der Waals surface area contributed by atoms with Crippen molar-refractivity contribution in [3.05, 3.63) is 54.1 Å². The summed E-state index contributed by atoms with van der Waals surface area (Å²) in [6, 6.07) is 10.5. The fourth-order valence-electron chi connectivity index (χ4n) is 1.87. The Morgan fingerprint density at radius 2 is 1.50 bits per heavy atom. The molecule has 24 heavy (non-hydrogen) atoms. The molecule has 0 spiro atoms. The molecule has 0 unspecified atom stereocenters. The van der Waals surface area contributed by atoms with Crippen molar-refractivity contribution in [3.63, 3.8) is 0 Å². The van der Waals surface area contributed by atoms with Gasteiger partial charge in [-0.15, -0.1) is 0 Å². The number of urea groups is 1. The molecule has 2 amide bonds. The predicted octanol–water partition coefficient (Wildman–Crippen LogP) is 1.76. The van der Waals surface area contributed by atoms with Gasteiger partial charge in [-0.2, -0.15) is 0 Å². The number of carbonyl (C=O) groups excluding carboxylic acids is 2. The number of methoxy groups -OCH3 is 1. The van der Waals surface area contributed by atoms with Crippen molar-refractivity contribution in [2.45, 2.75) is 4.90 Å². The quantitative estimate of drug-likeness (QED) is 0.709. The zero-order valence-corrected chi connectivity index (χ0v) is 13.5. The molecule has 2 rings (SSSR count). The third-order valence-electron chi connectivity index (χ3n) is 2.99. The molecule has 4 N–H and O–H groups in total. The van der Waals surface area contributed by atoms with Crippen LogP contribution >= 0.6 is 0 Å². The first-order valence-corrected chi connectivity index (χ1v) is 8.18. The summed E-state index contributed by atoms with van der Waals surface area (Å²) in [6.07, 6.45) is 0. The van der Waals surface area contributed by atoms with Crippen molar-refractivity contribution < 1.29 is 22.7 Å². The van der Waals surface area contributed by atoms with Crippen molar-refractivity contribution >= 4 is 33.4 Å². The zero-order chi connectivity index (χ0) is 17.7. The van der Waals surface area contributed by atoms with Crippen molar-refractivity contribution in [1.29, 1.82) is 0 Å². The van der Waals surface area contributed by atoms with Crippen LogP contribution in [-0.2, 0) is 14.8 Å². The number of benzene rings is 2. The van der Waals surface area contributed by atoms with Crippen LogP contribution in [0, 0.1) is 0 Å². The average molecular weight is 349 g/mol. The lowest BCUT2D eigenvalue weighted by Crippen LogP contribution is -2.19. The highest BCUT2D eigenvalue weighted by atomic mass is 32.2. The summed E-state index contributed by atoms with van der Waals surface area (Å²) in [5, 5.41) is 2.34. The number of hydrogen-bond acceptors (Lipinski definition) is 5. The Bertz CT molecular complexity index is 846. The lowest BCUT2D eigenvalue weighted by Gasteiger charge is -2.09. The molecule has 8 nitrogen and oxygen atoms in total. The van der Waals surface area contributed by atoms with Gasteiger partial charge in [0.25, 0.3) is 10.0 Å². The maximum Gasteiger partial charge on any atom is 0.337 e. The highest BCUT2D eigenvalue weighted by Gasteiger charge is 2.14. The molecule has 0 radical (unpaired) electrons. The monoisotopic (exact) mass is 349 g/mol. The Kier molecular flexibility index (Phi) is 5.05. The molecule has 0 aromatic heterocycles. The van der Waals surface area contributed by atoms with Crippen LogP contribution in [0.15, 0.2) is 53.4 Å². The van der Waals surface area contributed by atoms with Crippen molar-refractivity contribution in [2.75, 3.05) is 17.1 Å². The minimum absolute atomic E-state index is 0.00886. The highest BCUT2D eigenvalue weighted by Crippen LogP contribution is 2.19. The van der Waals surface area contributed by atoms with E-state index in [2.05, 4.69) is 14.8 Å². The number of nitrogens with one attached hydrogen (secondary N) is 2. The van der Waals surface area contributed by atoms with Gasteiger partial charge in [0, 0.05) is 11.4 Å². The SMILES string of the molecule is COC(=O)c1ccc(NS(=O)(=O)c2ccc(NC(N)=O)cc2)cc1. The number of ether oxygens (including phenoxy) is 1. The Morgan fingerprint density at radius 3 is 2.00 bits per heavy atom. The summed E-state index contributed by atoms with van der Waals surface area (Å²) in [4.78, 5) is 22.1. The van der Waals surface area contributed by atoms with E-state index in [1.807, 2.05) is 0 Å². The van der Waals surface area contributed by atoms with Gasteiger partial charge in [-0.05, 0) is 48.5 Å². The van der Waals surface area contributed by atoms with E-state index in [-0.39, 0.29) is 4.90 Å². The summed E-state index contributed by atoms with van der Waals surface area (Å²) in [5.41, 5.74) is 5.96. The van der Waals surface area contributed by atoms with Crippen molar-refractivity contribution in [1.82, 2.24) is 0 Å². The van der Waals surface area contributed by atoms with Crippen LogP contribution in [0.2, 0.25) is 0 Å². The van der Waals surface area contributed by atoms with Crippen LogP contribution in [0.1, 0.15) is 10.4 Å². The lowest BCUT2D eigenvalue weighted by molar-refractivity contribution is 0.0600. The third kappa shape index (κ3) is 4.23. The maximum absolute atomic E-state index is 12.3. The molecular weight excluding hydrogens is 334 g/mol. The van der Waals surface area contributed by atoms with Crippen molar-refractivity contribution in [2.24, 2.45) is 5.73 Å². The van der Waals surface area contributed by atoms with Gasteiger partial charge in [0.05, 0.1) is 17.6 Å². The van der Waals surface area contributed by atoms with Gasteiger partial charge < -0.3 is 15.8 Å². The summed E-state index contributed by atoms with van der Waals surface area (Å²) >= 11 is 0. The number of sulfonamides is 1. The summed E-state index contributed by atoms with van der Waals surface area (Å²) < 4.78 is 31.5. The lowest BCUT2D eigenvalue weighted by atomic mass is 10.2. The second kappa shape index (κ2) is 7.01. The van der Waals surface area contributed by atoms with Gasteiger partial charge in [0.15, 0.2) is 0 Å². The van der Waals surface area contributed by atoms with Crippen LogP contribution < -0.4 is 15.8 Å². The minimum Gasteiger partial charge on any atom is -0.465 e. The molecule has 2 aromatic carbocycles.